The number of sulfonamides is 1. The number of nitrogens with two attached hydrogens (primary N) is 1. The lowest BCUT2D eigenvalue weighted by molar-refractivity contribution is -0.141. The first-order valence-corrected chi connectivity index (χ1v) is 13.4. The summed E-state index contributed by atoms with van der Waals surface area (Å²) in [4.78, 5) is 15.7. The van der Waals surface area contributed by atoms with Gasteiger partial charge in [0.2, 0.25) is 10.0 Å². The van der Waals surface area contributed by atoms with Gasteiger partial charge in [-0.25, -0.2) is 17.8 Å². The Morgan fingerprint density at radius 2 is 1.70 bits per heavy atom. The topological polar surface area (TPSA) is 152 Å². The van der Waals surface area contributed by atoms with Gasteiger partial charge in [-0.05, 0) is 42.0 Å². The smallest absolute Gasteiger partial charge is 0.433 e. The monoisotopic (exact) mass is 632 g/mol. The standard InChI is InChI=1S/C25H19F7N6O4S/c26-15-4-1-13(2-5-15)11-42-18-9-14(3-7-17(18)38-43(40,41)12-24(27,28)29)21-20(22(33)39)23(37-36-21)35-16-6-8-19(34-10-16)25(30,31)32/h1-10,38H,11-12H2,(H2,33,39)(H2,35,36,37). The van der Waals surface area contributed by atoms with Crippen LogP contribution in [0.15, 0.2) is 60.8 Å². The van der Waals surface area contributed by atoms with Crippen LogP contribution in [0.5, 0.6) is 5.75 Å². The third kappa shape index (κ3) is 8.12. The Bertz CT molecular complexity index is 1720. The minimum Gasteiger partial charge on any atom is -0.487 e. The first-order valence-electron chi connectivity index (χ1n) is 11.8. The van der Waals surface area contributed by atoms with Gasteiger partial charge in [-0.2, -0.15) is 31.4 Å². The molecule has 0 aliphatic carbocycles. The Morgan fingerprint density at radius 1 is 1.00 bits per heavy atom. The Morgan fingerprint density at radius 3 is 2.28 bits per heavy atom. The molecular formula is C25H19F7N6O4S. The van der Waals surface area contributed by atoms with Crippen LogP contribution in [0.25, 0.3) is 11.3 Å². The van der Waals surface area contributed by atoms with Crippen LogP contribution in [0.4, 0.5) is 47.9 Å². The van der Waals surface area contributed by atoms with E-state index >= 15 is 0 Å². The number of hydrogen-bond donors (Lipinski definition) is 4. The van der Waals surface area contributed by atoms with Crippen molar-refractivity contribution < 1.29 is 48.7 Å². The van der Waals surface area contributed by atoms with E-state index in [9.17, 15) is 43.9 Å². The first-order chi connectivity index (χ1) is 20.0. The van der Waals surface area contributed by atoms with E-state index in [2.05, 4.69) is 20.5 Å². The molecule has 0 unspecified atom stereocenters. The van der Waals surface area contributed by atoms with Crippen LogP contribution in [-0.2, 0) is 22.8 Å². The molecule has 0 fully saturated rings. The average molecular weight is 633 g/mol. The highest BCUT2D eigenvalue weighted by atomic mass is 32.2. The molecule has 2 aromatic heterocycles. The largest absolute Gasteiger partial charge is 0.487 e. The average Bonchev–Trinajstić information content (AvgIpc) is 3.31. The molecule has 0 saturated heterocycles. The number of ether oxygens (including phenoxy) is 1. The molecule has 0 bridgehead atoms. The number of anilines is 3. The fourth-order valence-electron chi connectivity index (χ4n) is 3.70. The number of halogens is 7. The zero-order chi connectivity index (χ0) is 31.6. The number of carbonyl (C=O) groups is 1. The third-order valence-corrected chi connectivity index (χ3v) is 6.76. The van der Waals surface area contributed by atoms with Crippen molar-refractivity contribution in [2.45, 2.75) is 19.0 Å². The fourth-order valence-corrected chi connectivity index (χ4v) is 4.70. The minimum atomic E-state index is -5.04. The van der Waals surface area contributed by atoms with Crippen LogP contribution in [0.1, 0.15) is 21.6 Å². The van der Waals surface area contributed by atoms with Crippen LogP contribution >= 0.6 is 0 Å². The summed E-state index contributed by atoms with van der Waals surface area (Å²) in [6, 6.07) is 10.2. The van der Waals surface area contributed by atoms with Crippen molar-refractivity contribution in [3.8, 4) is 17.0 Å². The second-order valence-corrected chi connectivity index (χ2v) is 10.6. The predicted octanol–water partition coefficient (Wildman–Crippen LogP) is 5.36. The van der Waals surface area contributed by atoms with E-state index in [-0.39, 0.29) is 46.4 Å². The van der Waals surface area contributed by atoms with Gasteiger partial charge in [-0.15, -0.1) is 0 Å². The van der Waals surface area contributed by atoms with E-state index in [1.165, 1.54) is 24.3 Å². The van der Waals surface area contributed by atoms with Crippen LogP contribution in [0.2, 0.25) is 0 Å². The maximum atomic E-state index is 13.3. The Hall–Kier alpha value is -4.87. The number of hydrogen-bond acceptors (Lipinski definition) is 7. The number of benzene rings is 2. The van der Waals surface area contributed by atoms with Crippen molar-refractivity contribution in [3.63, 3.8) is 0 Å². The zero-order valence-corrected chi connectivity index (χ0v) is 22.2. The van der Waals surface area contributed by atoms with Crippen molar-refractivity contribution in [1.29, 1.82) is 0 Å². The van der Waals surface area contributed by atoms with E-state index in [1.807, 2.05) is 0 Å². The maximum Gasteiger partial charge on any atom is 0.433 e. The summed E-state index contributed by atoms with van der Waals surface area (Å²) < 4.78 is 122. The van der Waals surface area contributed by atoms with Crippen LogP contribution < -0.4 is 20.5 Å². The third-order valence-electron chi connectivity index (χ3n) is 5.52. The molecule has 0 spiro atoms. The van der Waals surface area contributed by atoms with E-state index in [0.29, 0.717) is 11.6 Å². The minimum absolute atomic E-state index is 0.0310. The van der Waals surface area contributed by atoms with Crippen LogP contribution in [-0.4, -0.2) is 41.4 Å². The molecule has 1 amide bonds. The number of aromatic amines is 1. The summed E-state index contributed by atoms with van der Waals surface area (Å²) in [5, 5.41) is 9.14. The van der Waals surface area contributed by atoms with E-state index in [1.54, 1.807) is 4.72 Å². The number of rotatable bonds is 10. The normalized spacial score (nSPS) is 12.2. The van der Waals surface area contributed by atoms with Gasteiger partial charge in [0.05, 0.1) is 17.6 Å². The van der Waals surface area contributed by atoms with Gasteiger partial charge in [0.1, 0.15) is 40.9 Å². The highest BCUT2D eigenvalue weighted by molar-refractivity contribution is 7.92. The summed E-state index contributed by atoms with van der Waals surface area (Å²) in [6.45, 7) is -0.269. The summed E-state index contributed by atoms with van der Waals surface area (Å²) in [5.74, 6) is -4.17. The van der Waals surface area contributed by atoms with E-state index < -0.39 is 45.5 Å². The van der Waals surface area contributed by atoms with Crippen molar-refractivity contribution in [2.24, 2.45) is 5.73 Å². The lowest BCUT2D eigenvalue weighted by atomic mass is 10.1. The molecule has 0 radical (unpaired) electrons. The van der Waals surface area contributed by atoms with Gasteiger partial charge < -0.3 is 15.8 Å². The molecule has 43 heavy (non-hydrogen) atoms. The molecule has 0 aliphatic rings. The Kier molecular flexibility index (Phi) is 8.52. The molecule has 2 aromatic carbocycles. The number of H-pyrrole nitrogens is 1. The van der Waals surface area contributed by atoms with Crippen LogP contribution in [0, 0.1) is 5.82 Å². The zero-order valence-electron chi connectivity index (χ0n) is 21.3. The Balaban J connectivity index is 1.69. The number of amides is 1. The molecule has 5 N–H and O–H groups in total. The number of nitrogens with one attached hydrogen (secondary N) is 3. The summed E-state index contributed by atoms with van der Waals surface area (Å²) in [5.41, 5.74) is 4.13. The second-order valence-electron chi connectivity index (χ2n) is 8.84. The number of primary amides is 1. The van der Waals surface area contributed by atoms with Gasteiger partial charge in [0, 0.05) is 5.56 Å². The Labute approximate surface area is 238 Å². The number of alkyl halides is 6. The first kappa shape index (κ1) is 31.1. The van der Waals surface area contributed by atoms with Gasteiger partial charge in [0.15, 0.2) is 5.75 Å². The lowest BCUT2D eigenvalue weighted by Gasteiger charge is -2.16. The molecule has 2 heterocycles. The van der Waals surface area contributed by atoms with E-state index in [4.69, 9.17) is 10.5 Å². The van der Waals surface area contributed by atoms with Gasteiger partial charge in [0.25, 0.3) is 5.91 Å². The molecule has 18 heteroatoms. The molecular weight excluding hydrogens is 613 g/mol. The van der Waals surface area contributed by atoms with Gasteiger partial charge in [-0.1, -0.05) is 18.2 Å². The molecule has 228 valence electrons. The fraction of sp³-hybridized carbons (Fsp3) is 0.160. The van der Waals surface area contributed by atoms with Gasteiger partial charge in [-0.3, -0.25) is 14.6 Å². The highest BCUT2D eigenvalue weighted by Crippen LogP contribution is 2.36. The summed E-state index contributed by atoms with van der Waals surface area (Å²) in [6.07, 6.45) is -8.86. The number of aromatic nitrogens is 3. The van der Waals surface area contributed by atoms with E-state index in [0.717, 1.165) is 30.5 Å². The number of nitrogens with zero attached hydrogens (tertiary/aromatic N) is 2. The van der Waals surface area contributed by atoms with Crippen molar-refractivity contribution in [3.05, 3.63) is 83.4 Å². The quantitative estimate of drug-likeness (QED) is 0.172. The highest BCUT2D eigenvalue weighted by Gasteiger charge is 2.36. The molecule has 0 saturated carbocycles. The van der Waals surface area contributed by atoms with Crippen molar-refractivity contribution >= 4 is 33.1 Å². The van der Waals surface area contributed by atoms with Crippen molar-refractivity contribution in [2.75, 3.05) is 15.8 Å². The maximum absolute atomic E-state index is 13.3. The summed E-state index contributed by atoms with van der Waals surface area (Å²) >= 11 is 0. The molecule has 4 rings (SSSR count). The lowest BCUT2D eigenvalue weighted by Crippen LogP contribution is -2.28. The number of carbonyl (C=O) groups excluding carboxylic acids is 1. The van der Waals surface area contributed by atoms with Crippen LogP contribution in [0.3, 0.4) is 0 Å². The number of pyridine rings is 1. The molecule has 0 aliphatic heterocycles. The van der Waals surface area contributed by atoms with Crippen molar-refractivity contribution in [1.82, 2.24) is 15.2 Å². The SMILES string of the molecule is NC(=O)c1c(-c2ccc(NS(=O)(=O)CC(F)(F)F)c(OCc3ccc(F)cc3)c2)n[nH]c1Nc1ccc(C(F)(F)F)nc1. The molecule has 0 atom stereocenters. The summed E-state index contributed by atoms with van der Waals surface area (Å²) in [7, 11) is -4.93. The molecule has 4 aromatic rings. The predicted molar refractivity (Wildman–Crippen MR) is 139 cm³/mol. The van der Waals surface area contributed by atoms with Gasteiger partial charge >= 0.3 is 12.4 Å². The second kappa shape index (κ2) is 11.8. The molecule has 10 nitrogen and oxygen atoms in total.